The molecule has 0 radical (unpaired) electrons. The molecule has 5 nitrogen and oxygen atoms in total. The van der Waals surface area contributed by atoms with Gasteiger partial charge in [-0.1, -0.05) is 23.2 Å². The van der Waals surface area contributed by atoms with Crippen molar-refractivity contribution in [3.8, 4) is 0 Å². The fourth-order valence-corrected chi connectivity index (χ4v) is 2.19. The van der Waals surface area contributed by atoms with Crippen molar-refractivity contribution >= 4 is 40.8 Å². The van der Waals surface area contributed by atoms with Crippen LogP contribution in [0.25, 0.3) is 0 Å². The normalized spacial score (nSPS) is 10.4. The lowest BCUT2D eigenvalue weighted by atomic mass is 10.2. The largest absolute Gasteiger partial charge is 0.465 e. The molecule has 0 saturated heterocycles. The van der Waals surface area contributed by atoms with Gasteiger partial charge in [-0.05, 0) is 24.3 Å². The van der Waals surface area contributed by atoms with E-state index in [-0.39, 0.29) is 27.1 Å². The van der Waals surface area contributed by atoms with Crippen molar-refractivity contribution in [2.24, 2.45) is 7.05 Å². The van der Waals surface area contributed by atoms with Crippen molar-refractivity contribution in [3.05, 3.63) is 51.5 Å². The molecule has 1 N–H and O–H groups in total. The van der Waals surface area contributed by atoms with Gasteiger partial charge < -0.3 is 14.6 Å². The Morgan fingerprint density at radius 3 is 2.50 bits per heavy atom. The smallest absolute Gasteiger partial charge is 0.337 e. The Morgan fingerprint density at radius 1 is 1.27 bits per heavy atom. The third-order valence-corrected chi connectivity index (χ3v) is 3.83. The van der Waals surface area contributed by atoms with Crippen LogP contribution in [-0.2, 0) is 11.8 Å². The lowest BCUT2D eigenvalue weighted by Crippen LogP contribution is -2.17. The van der Waals surface area contributed by atoms with Gasteiger partial charge in [0.15, 0.2) is 0 Å². The van der Waals surface area contributed by atoms with Crippen LogP contribution in [-0.4, -0.2) is 23.6 Å². The number of carbonyl (C=O) groups excluding carboxylic acids is 2. The number of halogens is 3. The number of rotatable bonds is 3. The molecule has 2 rings (SSSR count). The topological polar surface area (TPSA) is 60.3 Å². The maximum absolute atomic E-state index is 13.8. The van der Waals surface area contributed by atoms with Gasteiger partial charge in [-0.15, -0.1) is 0 Å². The standard InChI is InChI=1S/C14H11Cl2FN2O3/c1-19-11(6-8(15)12(19)16)13(20)18-10-5-7(14(21)22-2)3-4-9(10)17/h3-6H,1-2H3,(H,18,20). The Bertz CT molecular complexity index is 759. The summed E-state index contributed by atoms with van der Waals surface area (Å²) < 4.78 is 19.7. The average molecular weight is 345 g/mol. The minimum Gasteiger partial charge on any atom is -0.465 e. The van der Waals surface area contributed by atoms with Crippen LogP contribution in [0, 0.1) is 5.82 Å². The van der Waals surface area contributed by atoms with E-state index >= 15 is 0 Å². The highest BCUT2D eigenvalue weighted by atomic mass is 35.5. The van der Waals surface area contributed by atoms with Gasteiger partial charge in [-0.25, -0.2) is 9.18 Å². The van der Waals surface area contributed by atoms with Crippen molar-refractivity contribution < 1.29 is 18.7 Å². The molecule has 2 aromatic rings. The number of carbonyl (C=O) groups is 2. The number of hydrogen-bond donors (Lipinski definition) is 1. The van der Waals surface area contributed by atoms with Gasteiger partial charge in [0.25, 0.3) is 5.91 Å². The minimum atomic E-state index is -0.688. The Kier molecular flexibility index (Phi) is 4.73. The molecule has 1 aromatic carbocycles. The number of nitrogens with zero attached hydrogens (tertiary/aromatic N) is 1. The molecule has 1 heterocycles. The van der Waals surface area contributed by atoms with Crippen LogP contribution < -0.4 is 5.32 Å². The molecule has 116 valence electrons. The van der Waals surface area contributed by atoms with Gasteiger partial charge in [0, 0.05) is 7.05 Å². The zero-order valence-electron chi connectivity index (χ0n) is 11.6. The molecular weight excluding hydrogens is 334 g/mol. The highest BCUT2D eigenvalue weighted by molar-refractivity contribution is 6.42. The summed E-state index contributed by atoms with van der Waals surface area (Å²) in [5.74, 6) is -1.94. The summed E-state index contributed by atoms with van der Waals surface area (Å²) in [6.07, 6.45) is 0. The second-order valence-electron chi connectivity index (χ2n) is 4.37. The number of nitrogens with one attached hydrogen (secondary N) is 1. The number of aromatic nitrogens is 1. The van der Waals surface area contributed by atoms with Crippen molar-refractivity contribution in [2.45, 2.75) is 0 Å². The number of hydrogen-bond acceptors (Lipinski definition) is 3. The van der Waals surface area contributed by atoms with Crippen LogP contribution in [0.2, 0.25) is 10.2 Å². The summed E-state index contributed by atoms with van der Waals surface area (Å²) in [4.78, 5) is 23.6. The maximum atomic E-state index is 13.8. The Hall–Kier alpha value is -2.05. The second kappa shape index (κ2) is 6.37. The molecule has 1 amide bonds. The third-order valence-electron chi connectivity index (χ3n) is 2.98. The van der Waals surface area contributed by atoms with Gasteiger partial charge >= 0.3 is 5.97 Å². The van der Waals surface area contributed by atoms with E-state index in [4.69, 9.17) is 23.2 Å². The van der Waals surface area contributed by atoms with Gasteiger partial charge in [0.1, 0.15) is 16.7 Å². The molecule has 0 unspecified atom stereocenters. The van der Waals surface area contributed by atoms with E-state index in [9.17, 15) is 14.0 Å². The van der Waals surface area contributed by atoms with E-state index in [2.05, 4.69) is 10.1 Å². The Morgan fingerprint density at radius 2 is 1.95 bits per heavy atom. The molecule has 22 heavy (non-hydrogen) atoms. The van der Waals surface area contributed by atoms with E-state index in [0.29, 0.717) is 0 Å². The number of amides is 1. The summed E-state index contributed by atoms with van der Waals surface area (Å²) in [6, 6.07) is 4.87. The average Bonchev–Trinajstić information content (AvgIpc) is 2.76. The number of esters is 1. The monoisotopic (exact) mass is 344 g/mol. The maximum Gasteiger partial charge on any atom is 0.337 e. The molecule has 0 aliphatic rings. The van der Waals surface area contributed by atoms with E-state index < -0.39 is 17.7 Å². The van der Waals surface area contributed by atoms with E-state index in [1.165, 1.54) is 29.9 Å². The number of benzene rings is 1. The highest BCUT2D eigenvalue weighted by Gasteiger charge is 2.18. The number of methoxy groups -OCH3 is 1. The van der Waals surface area contributed by atoms with E-state index in [1.807, 2.05) is 0 Å². The molecule has 1 aromatic heterocycles. The molecule has 0 fully saturated rings. The van der Waals surface area contributed by atoms with Crippen LogP contribution in [0.4, 0.5) is 10.1 Å². The summed E-state index contributed by atoms with van der Waals surface area (Å²) >= 11 is 11.7. The third kappa shape index (κ3) is 3.08. The molecule has 0 spiro atoms. The lowest BCUT2D eigenvalue weighted by molar-refractivity contribution is 0.0600. The Balaban J connectivity index is 2.32. The zero-order chi connectivity index (χ0) is 16.4. The molecule has 0 bridgehead atoms. The first-order chi connectivity index (χ1) is 10.3. The summed E-state index contributed by atoms with van der Waals surface area (Å²) in [7, 11) is 2.75. The van der Waals surface area contributed by atoms with Crippen molar-refractivity contribution in [2.75, 3.05) is 12.4 Å². The summed E-state index contributed by atoms with van der Waals surface area (Å²) in [5.41, 5.74) is 0.112. The van der Waals surface area contributed by atoms with Crippen LogP contribution >= 0.6 is 23.2 Å². The molecule has 0 aliphatic carbocycles. The minimum absolute atomic E-state index is 0.113. The van der Waals surface area contributed by atoms with Crippen molar-refractivity contribution in [1.29, 1.82) is 0 Å². The van der Waals surface area contributed by atoms with Crippen LogP contribution in [0.5, 0.6) is 0 Å². The summed E-state index contributed by atoms with van der Waals surface area (Å²) in [6.45, 7) is 0. The van der Waals surface area contributed by atoms with Gasteiger partial charge in [0.05, 0.1) is 23.4 Å². The highest BCUT2D eigenvalue weighted by Crippen LogP contribution is 2.26. The summed E-state index contributed by atoms with van der Waals surface area (Å²) in [5, 5.41) is 2.76. The first kappa shape index (κ1) is 16.3. The lowest BCUT2D eigenvalue weighted by Gasteiger charge is -2.09. The van der Waals surface area contributed by atoms with Gasteiger partial charge in [-0.2, -0.15) is 0 Å². The van der Waals surface area contributed by atoms with E-state index in [1.54, 1.807) is 7.05 Å². The second-order valence-corrected chi connectivity index (χ2v) is 5.13. The van der Waals surface area contributed by atoms with Crippen LogP contribution in [0.15, 0.2) is 24.3 Å². The van der Waals surface area contributed by atoms with Gasteiger partial charge in [-0.3, -0.25) is 4.79 Å². The molecule has 0 atom stereocenters. The van der Waals surface area contributed by atoms with Crippen LogP contribution in [0.1, 0.15) is 20.8 Å². The molecule has 0 saturated carbocycles. The molecular formula is C14H11Cl2FN2O3. The quantitative estimate of drug-likeness (QED) is 0.866. The molecule has 0 aliphatic heterocycles. The predicted molar refractivity (Wildman–Crippen MR) is 81.1 cm³/mol. The fourth-order valence-electron chi connectivity index (χ4n) is 1.81. The number of ether oxygens (including phenoxy) is 1. The first-order valence-electron chi connectivity index (χ1n) is 6.05. The fraction of sp³-hybridized carbons (Fsp3) is 0.143. The van der Waals surface area contributed by atoms with Gasteiger partial charge in [0.2, 0.25) is 0 Å². The molecule has 8 heteroatoms. The SMILES string of the molecule is COC(=O)c1ccc(F)c(NC(=O)c2cc(Cl)c(Cl)n2C)c1. The zero-order valence-corrected chi connectivity index (χ0v) is 13.1. The van der Waals surface area contributed by atoms with Crippen molar-refractivity contribution in [1.82, 2.24) is 4.57 Å². The number of anilines is 1. The first-order valence-corrected chi connectivity index (χ1v) is 6.80. The van der Waals surface area contributed by atoms with E-state index in [0.717, 1.165) is 6.07 Å². The van der Waals surface area contributed by atoms with Crippen molar-refractivity contribution in [3.63, 3.8) is 0 Å². The Labute approximate surface area is 135 Å². The predicted octanol–water partition coefficient (Wildman–Crippen LogP) is 3.51. The van der Waals surface area contributed by atoms with Crippen LogP contribution in [0.3, 0.4) is 0 Å².